The molecule has 2 N–H and O–H groups in total. The first-order valence-corrected chi connectivity index (χ1v) is 10.9. The lowest BCUT2D eigenvalue weighted by molar-refractivity contribution is -0.140. The Labute approximate surface area is 183 Å². The molecule has 2 heterocycles. The maximum absolute atomic E-state index is 14.1. The lowest BCUT2D eigenvalue weighted by Gasteiger charge is -2.39. The summed E-state index contributed by atoms with van der Waals surface area (Å²) in [7, 11) is 0. The number of ether oxygens (including phenoxy) is 1. The third-order valence-electron chi connectivity index (χ3n) is 6.89. The molecule has 0 bridgehead atoms. The van der Waals surface area contributed by atoms with Crippen molar-refractivity contribution in [2.75, 3.05) is 0 Å². The summed E-state index contributed by atoms with van der Waals surface area (Å²) >= 11 is 0. The van der Waals surface area contributed by atoms with Crippen LogP contribution in [0.25, 0.3) is 0 Å². The Morgan fingerprint density at radius 3 is 2.39 bits per heavy atom. The van der Waals surface area contributed by atoms with E-state index in [4.69, 9.17) is 15.5 Å². The third kappa shape index (κ3) is 2.64. The van der Waals surface area contributed by atoms with Gasteiger partial charge in [0, 0.05) is 17.2 Å². The lowest BCUT2D eigenvalue weighted by Crippen LogP contribution is -2.57. The molecule has 0 saturated carbocycles. The number of aryl methyl sites for hydroxylation is 2. The molecule has 2 aromatic carbocycles. The van der Waals surface area contributed by atoms with Crippen molar-refractivity contribution in [2.24, 2.45) is 10.7 Å². The number of nitrogens with zero attached hydrogens (tertiary/aromatic N) is 2. The summed E-state index contributed by atoms with van der Waals surface area (Å²) in [6.07, 6.45) is 3.06. The molecule has 5 nitrogen and oxygen atoms in total. The number of hydrogen-bond acceptors (Lipinski definition) is 4. The summed E-state index contributed by atoms with van der Waals surface area (Å²) < 4.78 is 6.71. The van der Waals surface area contributed by atoms with Crippen molar-refractivity contribution in [1.82, 2.24) is 4.90 Å². The number of benzene rings is 2. The predicted molar refractivity (Wildman–Crippen MR) is 121 cm³/mol. The second-order valence-electron chi connectivity index (χ2n) is 8.90. The molecule has 31 heavy (non-hydrogen) atoms. The first-order valence-electron chi connectivity index (χ1n) is 10.9. The number of amides is 1. The highest BCUT2D eigenvalue weighted by Crippen LogP contribution is 2.57. The Hall–Kier alpha value is -3.26. The molecule has 2 spiro atoms. The molecule has 3 aliphatic rings. The van der Waals surface area contributed by atoms with E-state index in [0.29, 0.717) is 18.6 Å². The van der Waals surface area contributed by atoms with Crippen LogP contribution in [0.3, 0.4) is 0 Å². The highest BCUT2D eigenvalue weighted by atomic mass is 16.5. The van der Waals surface area contributed by atoms with Crippen LogP contribution >= 0.6 is 0 Å². The topological polar surface area (TPSA) is 67.9 Å². The number of carbonyl (C=O) groups is 1. The lowest BCUT2D eigenvalue weighted by atomic mass is 9.71. The second kappa shape index (κ2) is 6.88. The van der Waals surface area contributed by atoms with Crippen LogP contribution in [0.4, 0.5) is 0 Å². The van der Waals surface area contributed by atoms with E-state index in [-0.39, 0.29) is 17.9 Å². The Morgan fingerprint density at radius 2 is 1.81 bits per heavy atom. The molecule has 1 amide bonds. The van der Waals surface area contributed by atoms with E-state index in [1.807, 2.05) is 32.0 Å². The van der Waals surface area contributed by atoms with Gasteiger partial charge < -0.3 is 10.5 Å². The minimum absolute atomic E-state index is 0.0849. The van der Waals surface area contributed by atoms with Gasteiger partial charge in [-0.1, -0.05) is 30.2 Å². The summed E-state index contributed by atoms with van der Waals surface area (Å²) in [5.74, 6) is 6.95. The fraction of sp³-hybridized carbons (Fsp3) is 0.385. The largest absolute Gasteiger partial charge is 0.483 e. The van der Waals surface area contributed by atoms with Gasteiger partial charge in [-0.25, -0.2) is 4.99 Å². The van der Waals surface area contributed by atoms with Crippen molar-refractivity contribution in [2.45, 2.75) is 63.6 Å². The van der Waals surface area contributed by atoms with E-state index in [1.54, 1.807) is 11.8 Å². The molecule has 0 aromatic heterocycles. The highest BCUT2D eigenvalue weighted by Gasteiger charge is 2.68. The molecule has 0 fully saturated rings. The van der Waals surface area contributed by atoms with Crippen LogP contribution in [-0.2, 0) is 23.2 Å². The minimum Gasteiger partial charge on any atom is -0.483 e. The molecule has 1 unspecified atom stereocenters. The molecule has 0 radical (unpaired) electrons. The van der Waals surface area contributed by atoms with Crippen LogP contribution in [0, 0.1) is 11.8 Å². The van der Waals surface area contributed by atoms with E-state index in [9.17, 15) is 4.79 Å². The molecular formula is C26H27N3O2. The highest BCUT2D eigenvalue weighted by molar-refractivity contribution is 6.09. The Balaban J connectivity index is 1.71. The van der Waals surface area contributed by atoms with Crippen LogP contribution in [0.15, 0.2) is 47.5 Å². The number of carbonyl (C=O) groups excluding carboxylic acids is 1. The third-order valence-corrected chi connectivity index (χ3v) is 6.89. The number of nitrogens with two attached hydrogens (primary N) is 1. The summed E-state index contributed by atoms with van der Waals surface area (Å²) in [5.41, 5.74) is 8.67. The van der Waals surface area contributed by atoms with E-state index in [1.165, 1.54) is 11.1 Å². The van der Waals surface area contributed by atoms with Gasteiger partial charge in [-0.15, -0.1) is 5.92 Å². The number of rotatable bonds is 1. The standard InChI is InChI=1S/C26H27N3O2/c1-4-7-18-10-11-22-21(16-18)26(23(30)29(17(2)3)24(27)28-26)25(31-22)14-12-19-8-5-6-9-20(19)13-15-25/h5-6,8-11,16-17H,12-15H2,1-3H3,(H2,27,28). The Bertz CT molecular complexity index is 1140. The average Bonchev–Trinajstić information content (AvgIpc) is 3.08. The molecule has 2 aromatic rings. The van der Waals surface area contributed by atoms with Crippen LogP contribution in [0.5, 0.6) is 5.75 Å². The quantitative estimate of drug-likeness (QED) is 0.728. The predicted octanol–water partition coefficient (Wildman–Crippen LogP) is 3.53. The molecule has 1 aliphatic carbocycles. The normalized spacial score (nSPS) is 23.2. The van der Waals surface area contributed by atoms with Gasteiger partial charge in [0.15, 0.2) is 5.96 Å². The van der Waals surface area contributed by atoms with Crippen LogP contribution in [0.1, 0.15) is 55.9 Å². The van der Waals surface area contributed by atoms with Gasteiger partial charge in [0.05, 0.1) is 0 Å². The fourth-order valence-electron chi connectivity index (χ4n) is 5.48. The van der Waals surface area contributed by atoms with Gasteiger partial charge in [0.2, 0.25) is 5.54 Å². The maximum Gasteiger partial charge on any atom is 0.266 e. The van der Waals surface area contributed by atoms with Gasteiger partial charge in [-0.2, -0.15) is 0 Å². The molecule has 0 saturated heterocycles. The number of fused-ring (bicyclic) bond motifs is 4. The van der Waals surface area contributed by atoms with Gasteiger partial charge in [-0.05, 0) is 75.8 Å². The first-order chi connectivity index (χ1) is 14.9. The number of aliphatic imine (C=N–C) groups is 1. The molecule has 5 heteroatoms. The summed E-state index contributed by atoms with van der Waals surface area (Å²) in [4.78, 5) is 20.6. The summed E-state index contributed by atoms with van der Waals surface area (Å²) in [6.45, 7) is 5.73. The summed E-state index contributed by atoms with van der Waals surface area (Å²) in [5, 5.41) is 0. The molecule has 5 rings (SSSR count). The minimum atomic E-state index is -1.18. The molecular weight excluding hydrogens is 386 g/mol. The average molecular weight is 414 g/mol. The van der Waals surface area contributed by atoms with Gasteiger partial charge in [-0.3, -0.25) is 9.69 Å². The zero-order chi connectivity index (χ0) is 21.8. The molecule has 1 atom stereocenters. The van der Waals surface area contributed by atoms with E-state index < -0.39 is 11.1 Å². The first kappa shape index (κ1) is 19.7. The SMILES string of the molecule is CC#Cc1ccc2c(c1)C1(N=C(N)N(C(C)C)C1=O)C1(CCc3ccccc3CC1)O2. The smallest absolute Gasteiger partial charge is 0.266 e. The van der Waals surface area contributed by atoms with Crippen molar-refractivity contribution < 1.29 is 9.53 Å². The van der Waals surface area contributed by atoms with Crippen LogP contribution in [-0.4, -0.2) is 28.4 Å². The zero-order valence-electron chi connectivity index (χ0n) is 18.2. The second-order valence-corrected chi connectivity index (χ2v) is 8.90. The maximum atomic E-state index is 14.1. The van der Waals surface area contributed by atoms with E-state index in [0.717, 1.165) is 24.0 Å². The van der Waals surface area contributed by atoms with Crippen LogP contribution < -0.4 is 10.5 Å². The van der Waals surface area contributed by atoms with Crippen molar-refractivity contribution in [3.8, 4) is 17.6 Å². The summed E-state index contributed by atoms with van der Waals surface area (Å²) in [6, 6.07) is 14.3. The van der Waals surface area contributed by atoms with Crippen molar-refractivity contribution in [3.63, 3.8) is 0 Å². The number of guanidine groups is 1. The van der Waals surface area contributed by atoms with E-state index >= 15 is 0 Å². The van der Waals surface area contributed by atoms with Gasteiger partial charge >= 0.3 is 0 Å². The Kier molecular flexibility index (Phi) is 4.37. The van der Waals surface area contributed by atoms with Gasteiger partial charge in [0.25, 0.3) is 5.91 Å². The van der Waals surface area contributed by atoms with Crippen molar-refractivity contribution in [1.29, 1.82) is 0 Å². The van der Waals surface area contributed by atoms with E-state index in [2.05, 4.69) is 36.1 Å². The van der Waals surface area contributed by atoms with Crippen LogP contribution in [0.2, 0.25) is 0 Å². The number of hydrogen-bond donors (Lipinski definition) is 1. The van der Waals surface area contributed by atoms with Gasteiger partial charge in [0.1, 0.15) is 11.4 Å². The fourth-order valence-corrected chi connectivity index (χ4v) is 5.48. The Morgan fingerprint density at radius 1 is 1.13 bits per heavy atom. The van der Waals surface area contributed by atoms with Crippen molar-refractivity contribution >= 4 is 11.9 Å². The molecule has 2 aliphatic heterocycles. The monoisotopic (exact) mass is 413 g/mol. The molecule has 158 valence electrons. The van der Waals surface area contributed by atoms with Crippen molar-refractivity contribution in [3.05, 3.63) is 64.7 Å². The zero-order valence-corrected chi connectivity index (χ0v) is 18.2.